The van der Waals surface area contributed by atoms with Crippen LogP contribution in [-0.4, -0.2) is 39.6 Å². The minimum atomic E-state index is 0. The van der Waals surface area contributed by atoms with Crippen LogP contribution < -0.4 is 12.3 Å². The molecule has 0 aromatic carbocycles. The van der Waals surface area contributed by atoms with Crippen LogP contribution in [0.1, 0.15) is 26.7 Å². The largest absolute Gasteiger partial charge is 0.379 e. The van der Waals surface area contributed by atoms with Crippen LogP contribution in [0.2, 0.25) is 0 Å². The van der Waals surface area contributed by atoms with E-state index in [1.165, 1.54) is 0 Å². The van der Waals surface area contributed by atoms with Crippen molar-refractivity contribution in [1.82, 2.24) is 12.3 Å². The summed E-state index contributed by atoms with van der Waals surface area (Å²) in [5, 5.41) is 0. The predicted molar refractivity (Wildman–Crippen MR) is 63.1 cm³/mol. The molecule has 0 bridgehead atoms. The quantitative estimate of drug-likeness (QED) is 0.554. The molecule has 0 heterocycles. The van der Waals surface area contributed by atoms with Crippen molar-refractivity contribution in [2.75, 3.05) is 39.6 Å². The van der Waals surface area contributed by atoms with Crippen LogP contribution in [0.4, 0.5) is 0 Å². The second kappa shape index (κ2) is 19.4. The number of hydrogen-bond donors (Lipinski definition) is 2. The molecular formula is C10H28N2O3. The van der Waals surface area contributed by atoms with Gasteiger partial charge in [-0.25, -0.2) is 0 Å². The van der Waals surface area contributed by atoms with Crippen LogP contribution >= 0.6 is 0 Å². The molecule has 0 atom stereocenters. The van der Waals surface area contributed by atoms with Gasteiger partial charge in [0.05, 0.1) is 26.4 Å². The van der Waals surface area contributed by atoms with Gasteiger partial charge in [0, 0.05) is 13.2 Å². The molecule has 0 aromatic heterocycles. The Balaban J connectivity index is -0.000000720. The van der Waals surface area contributed by atoms with E-state index in [9.17, 15) is 0 Å². The Morgan fingerprint density at radius 2 is 0.800 bits per heavy atom. The van der Waals surface area contributed by atoms with Gasteiger partial charge in [-0.1, -0.05) is 13.8 Å². The molecule has 0 aliphatic heterocycles. The lowest BCUT2D eigenvalue weighted by atomic mass is 10.5. The van der Waals surface area contributed by atoms with Crippen LogP contribution in [0.3, 0.4) is 0 Å². The van der Waals surface area contributed by atoms with Crippen LogP contribution in [0.15, 0.2) is 0 Å². The van der Waals surface area contributed by atoms with Crippen LogP contribution in [-0.2, 0) is 14.2 Å². The Labute approximate surface area is 93.6 Å². The molecule has 0 saturated heterocycles. The summed E-state index contributed by atoms with van der Waals surface area (Å²) in [6.07, 6.45) is 2.14. The summed E-state index contributed by atoms with van der Waals surface area (Å²) in [5.41, 5.74) is 0. The topological polar surface area (TPSA) is 97.7 Å². The first-order valence-electron chi connectivity index (χ1n) is 5.15. The molecule has 5 nitrogen and oxygen atoms in total. The van der Waals surface area contributed by atoms with E-state index in [4.69, 9.17) is 14.2 Å². The monoisotopic (exact) mass is 224 g/mol. The number of ether oxygens (including phenoxy) is 3. The van der Waals surface area contributed by atoms with Gasteiger partial charge in [0.1, 0.15) is 0 Å². The summed E-state index contributed by atoms with van der Waals surface area (Å²) in [5.74, 6) is 0. The van der Waals surface area contributed by atoms with Crippen molar-refractivity contribution in [1.29, 1.82) is 0 Å². The van der Waals surface area contributed by atoms with Gasteiger partial charge in [-0.15, -0.1) is 0 Å². The van der Waals surface area contributed by atoms with E-state index in [0.717, 1.165) is 26.1 Å². The zero-order valence-electron chi connectivity index (χ0n) is 10.3. The molecule has 6 N–H and O–H groups in total. The Bertz CT molecular complexity index is 84.7. The van der Waals surface area contributed by atoms with Gasteiger partial charge in [0.15, 0.2) is 0 Å². The van der Waals surface area contributed by atoms with E-state index in [-0.39, 0.29) is 12.3 Å². The van der Waals surface area contributed by atoms with Crippen molar-refractivity contribution in [2.24, 2.45) is 0 Å². The molecule has 0 amide bonds. The second-order valence-corrected chi connectivity index (χ2v) is 2.84. The average Bonchev–Trinajstić information content (AvgIpc) is 2.16. The standard InChI is InChI=1S/C10H22O3.2H3N/c1-3-5-11-7-9-13-10-8-12-6-4-2;;/h3-10H2,1-2H3;2*1H3. The maximum Gasteiger partial charge on any atom is 0.0701 e. The van der Waals surface area contributed by atoms with Crippen molar-refractivity contribution < 1.29 is 14.2 Å². The SMILES string of the molecule is CCCOCCOCCOCCC.N.N. The number of hydrogen-bond acceptors (Lipinski definition) is 5. The molecule has 0 rings (SSSR count). The molecular weight excluding hydrogens is 196 g/mol. The van der Waals surface area contributed by atoms with Crippen molar-refractivity contribution >= 4 is 0 Å². The molecule has 0 unspecified atom stereocenters. The van der Waals surface area contributed by atoms with Crippen molar-refractivity contribution in [3.05, 3.63) is 0 Å². The summed E-state index contributed by atoms with van der Waals surface area (Å²) < 4.78 is 15.8. The lowest BCUT2D eigenvalue weighted by Crippen LogP contribution is -2.09. The molecule has 0 fully saturated rings. The first-order valence-corrected chi connectivity index (χ1v) is 5.15. The zero-order valence-corrected chi connectivity index (χ0v) is 10.3. The van der Waals surface area contributed by atoms with Gasteiger partial charge >= 0.3 is 0 Å². The van der Waals surface area contributed by atoms with Crippen molar-refractivity contribution in [2.45, 2.75) is 26.7 Å². The fourth-order valence-corrected chi connectivity index (χ4v) is 0.831. The third-order valence-corrected chi connectivity index (χ3v) is 1.44. The summed E-state index contributed by atoms with van der Waals surface area (Å²) in [7, 11) is 0. The highest BCUT2D eigenvalue weighted by Gasteiger charge is 1.89. The third kappa shape index (κ3) is 20.0. The number of rotatable bonds is 10. The van der Waals surface area contributed by atoms with E-state index in [1.807, 2.05) is 0 Å². The molecule has 0 aliphatic rings. The highest BCUT2D eigenvalue weighted by atomic mass is 16.5. The minimum Gasteiger partial charge on any atom is -0.379 e. The Hall–Kier alpha value is -0.200. The van der Waals surface area contributed by atoms with E-state index in [1.54, 1.807) is 0 Å². The highest BCUT2D eigenvalue weighted by molar-refractivity contribution is 4.33. The van der Waals surface area contributed by atoms with Gasteiger partial charge < -0.3 is 26.5 Å². The fraction of sp³-hybridized carbons (Fsp3) is 1.00. The predicted octanol–water partition coefficient (Wildman–Crippen LogP) is 2.18. The van der Waals surface area contributed by atoms with Gasteiger partial charge in [-0.05, 0) is 12.8 Å². The van der Waals surface area contributed by atoms with Crippen LogP contribution in [0.25, 0.3) is 0 Å². The minimum absolute atomic E-state index is 0. The Morgan fingerprint density at radius 1 is 0.533 bits per heavy atom. The van der Waals surface area contributed by atoms with Gasteiger partial charge in [0.25, 0.3) is 0 Å². The third-order valence-electron chi connectivity index (χ3n) is 1.44. The van der Waals surface area contributed by atoms with Crippen LogP contribution in [0, 0.1) is 0 Å². The summed E-state index contributed by atoms with van der Waals surface area (Å²) in [6, 6.07) is 0. The second-order valence-electron chi connectivity index (χ2n) is 2.84. The molecule has 96 valence electrons. The highest BCUT2D eigenvalue weighted by Crippen LogP contribution is 1.84. The summed E-state index contributed by atoms with van der Waals surface area (Å²) in [4.78, 5) is 0. The maximum absolute atomic E-state index is 5.28. The fourth-order valence-electron chi connectivity index (χ4n) is 0.831. The first-order chi connectivity index (χ1) is 6.41. The van der Waals surface area contributed by atoms with Gasteiger partial charge in [0.2, 0.25) is 0 Å². The maximum atomic E-state index is 5.28. The molecule has 0 aromatic rings. The van der Waals surface area contributed by atoms with Crippen molar-refractivity contribution in [3.63, 3.8) is 0 Å². The van der Waals surface area contributed by atoms with E-state index in [2.05, 4.69) is 13.8 Å². The molecule has 0 radical (unpaired) electrons. The Morgan fingerprint density at radius 3 is 1.07 bits per heavy atom. The normalized spacial score (nSPS) is 9.20. The molecule has 5 heteroatoms. The summed E-state index contributed by atoms with van der Waals surface area (Å²) in [6.45, 7) is 8.60. The van der Waals surface area contributed by atoms with E-state index < -0.39 is 0 Å². The first kappa shape index (κ1) is 20.2. The molecule has 0 saturated carbocycles. The van der Waals surface area contributed by atoms with Crippen LogP contribution in [0.5, 0.6) is 0 Å². The van der Waals surface area contributed by atoms with Gasteiger partial charge in [-0.3, -0.25) is 0 Å². The molecule has 0 spiro atoms. The van der Waals surface area contributed by atoms with Crippen molar-refractivity contribution in [3.8, 4) is 0 Å². The average molecular weight is 224 g/mol. The molecule has 0 aliphatic carbocycles. The molecule has 15 heavy (non-hydrogen) atoms. The van der Waals surface area contributed by atoms with E-state index in [0.29, 0.717) is 26.4 Å². The van der Waals surface area contributed by atoms with Gasteiger partial charge in [-0.2, -0.15) is 0 Å². The zero-order chi connectivity index (χ0) is 9.78. The Kier molecular flexibility index (Phi) is 26.2. The smallest absolute Gasteiger partial charge is 0.0701 e. The summed E-state index contributed by atoms with van der Waals surface area (Å²) >= 11 is 0. The lowest BCUT2D eigenvalue weighted by molar-refractivity contribution is 0.0148. The van der Waals surface area contributed by atoms with E-state index >= 15 is 0 Å². The lowest BCUT2D eigenvalue weighted by Gasteiger charge is -2.05.